The fourth-order valence-electron chi connectivity index (χ4n) is 3.17. The SMILES string of the molecule is CN=C(NCc1ccnc(N2CCN(C)CC2)c1)NCc1ccccc1C.I. The molecular weight excluding hydrogens is 463 g/mol. The molecule has 1 fully saturated rings. The fourth-order valence-corrected chi connectivity index (χ4v) is 3.17. The first-order valence-corrected chi connectivity index (χ1v) is 9.53. The lowest BCUT2D eigenvalue weighted by Gasteiger charge is -2.33. The molecule has 7 heteroatoms. The number of rotatable bonds is 5. The van der Waals surface area contributed by atoms with E-state index in [1.165, 1.54) is 16.7 Å². The number of pyridine rings is 1. The minimum atomic E-state index is 0. The molecule has 152 valence electrons. The van der Waals surface area contributed by atoms with Crippen LogP contribution < -0.4 is 15.5 Å². The first kappa shape index (κ1) is 22.4. The number of guanidine groups is 1. The number of piperazine rings is 1. The van der Waals surface area contributed by atoms with Gasteiger partial charge in [-0.1, -0.05) is 24.3 Å². The topological polar surface area (TPSA) is 55.8 Å². The zero-order valence-electron chi connectivity index (χ0n) is 17.0. The number of anilines is 1. The van der Waals surface area contributed by atoms with Gasteiger partial charge in [0, 0.05) is 52.5 Å². The lowest BCUT2D eigenvalue weighted by Crippen LogP contribution is -2.44. The second-order valence-electron chi connectivity index (χ2n) is 7.02. The fraction of sp³-hybridized carbons (Fsp3) is 0.429. The van der Waals surface area contributed by atoms with Crippen molar-refractivity contribution in [3.63, 3.8) is 0 Å². The van der Waals surface area contributed by atoms with Crippen LogP contribution in [0.15, 0.2) is 47.6 Å². The largest absolute Gasteiger partial charge is 0.354 e. The molecule has 1 aliphatic rings. The molecule has 0 amide bonds. The van der Waals surface area contributed by atoms with E-state index in [-0.39, 0.29) is 24.0 Å². The van der Waals surface area contributed by atoms with Crippen LogP contribution in [-0.2, 0) is 13.1 Å². The minimum absolute atomic E-state index is 0. The van der Waals surface area contributed by atoms with E-state index in [4.69, 9.17) is 0 Å². The van der Waals surface area contributed by atoms with Crippen LogP contribution in [0.2, 0.25) is 0 Å². The summed E-state index contributed by atoms with van der Waals surface area (Å²) in [5, 5.41) is 6.78. The molecular formula is C21H31IN6. The summed E-state index contributed by atoms with van der Waals surface area (Å²) < 4.78 is 0. The third-order valence-electron chi connectivity index (χ3n) is 5.03. The van der Waals surface area contributed by atoms with Crippen molar-refractivity contribution in [3.05, 3.63) is 59.3 Å². The van der Waals surface area contributed by atoms with Crippen LogP contribution >= 0.6 is 24.0 Å². The Morgan fingerprint density at radius 2 is 1.79 bits per heavy atom. The van der Waals surface area contributed by atoms with Gasteiger partial charge in [-0.25, -0.2) is 4.98 Å². The maximum atomic E-state index is 4.55. The van der Waals surface area contributed by atoms with Crippen LogP contribution in [-0.4, -0.2) is 56.1 Å². The summed E-state index contributed by atoms with van der Waals surface area (Å²) >= 11 is 0. The summed E-state index contributed by atoms with van der Waals surface area (Å²) in [7, 11) is 3.97. The highest BCUT2D eigenvalue weighted by atomic mass is 127. The van der Waals surface area contributed by atoms with E-state index in [1.54, 1.807) is 7.05 Å². The number of nitrogens with one attached hydrogen (secondary N) is 2. The number of aromatic nitrogens is 1. The van der Waals surface area contributed by atoms with Crippen LogP contribution in [0.4, 0.5) is 5.82 Å². The van der Waals surface area contributed by atoms with Crippen LogP contribution in [0.25, 0.3) is 0 Å². The first-order chi connectivity index (χ1) is 13.2. The van der Waals surface area contributed by atoms with Gasteiger partial charge in [-0.3, -0.25) is 4.99 Å². The maximum absolute atomic E-state index is 4.55. The average molecular weight is 494 g/mol. The molecule has 0 aliphatic carbocycles. The molecule has 2 heterocycles. The van der Waals surface area contributed by atoms with Gasteiger partial charge >= 0.3 is 0 Å². The molecule has 0 radical (unpaired) electrons. The van der Waals surface area contributed by atoms with E-state index in [9.17, 15) is 0 Å². The molecule has 0 saturated carbocycles. The van der Waals surface area contributed by atoms with Gasteiger partial charge in [-0.2, -0.15) is 0 Å². The Morgan fingerprint density at radius 3 is 2.50 bits per heavy atom. The molecule has 1 aromatic heterocycles. The van der Waals surface area contributed by atoms with Crippen LogP contribution in [0, 0.1) is 6.92 Å². The minimum Gasteiger partial charge on any atom is -0.354 e. The summed E-state index contributed by atoms with van der Waals surface area (Å²) in [5.41, 5.74) is 3.77. The summed E-state index contributed by atoms with van der Waals surface area (Å²) in [5.74, 6) is 1.86. The Kier molecular flexibility index (Phi) is 8.98. The molecule has 1 aliphatic heterocycles. The summed E-state index contributed by atoms with van der Waals surface area (Å²) in [6, 6.07) is 12.6. The van der Waals surface area contributed by atoms with Crippen LogP contribution in [0.1, 0.15) is 16.7 Å². The molecule has 0 atom stereocenters. The molecule has 0 spiro atoms. The number of nitrogens with zero attached hydrogens (tertiary/aromatic N) is 4. The van der Waals surface area contributed by atoms with E-state index in [1.807, 2.05) is 6.20 Å². The van der Waals surface area contributed by atoms with Crippen molar-refractivity contribution in [2.24, 2.45) is 4.99 Å². The van der Waals surface area contributed by atoms with Gasteiger partial charge in [-0.05, 0) is 42.8 Å². The van der Waals surface area contributed by atoms with Gasteiger partial charge in [0.1, 0.15) is 5.82 Å². The quantitative estimate of drug-likeness (QED) is 0.381. The van der Waals surface area contributed by atoms with Crippen molar-refractivity contribution in [3.8, 4) is 0 Å². The van der Waals surface area contributed by atoms with E-state index in [2.05, 4.69) is 80.8 Å². The van der Waals surface area contributed by atoms with Gasteiger partial charge in [-0.15, -0.1) is 24.0 Å². The third kappa shape index (κ3) is 6.34. The number of aliphatic imine (C=N–C) groups is 1. The lowest BCUT2D eigenvalue weighted by atomic mass is 10.1. The predicted molar refractivity (Wildman–Crippen MR) is 128 cm³/mol. The lowest BCUT2D eigenvalue weighted by molar-refractivity contribution is 0.312. The van der Waals surface area contributed by atoms with Crippen LogP contribution in [0.3, 0.4) is 0 Å². The zero-order chi connectivity index (χ0) is 19.1. The summed E-state index contributed by atoms with van der Waals surface area (Å²) in [6.45, 7) is 7.83. The Labute approximate surface area is 185 Å². The maximum Gasteiger partial charge on any atom is 0.191 e. The molecule has 2 N–H and O–H groups in total. The van der Waals surface area contributed by atoms with E-state index in [0.717, 1.165) is 51.0 Å². The second kappa shape index (κ2) is 11.2. The number of benzene rings is 1. The van der Waals surface area contributed by atoms with Crippen molar-refractivity contribution < 1.29 is 0 Å². The Balaban J connectivity index is 0.00000280. The second-order valence-corrected chi connectivity index (χ2v) is 7.02. The standard InChI is InChI=1S/C21H30N6.HI/c1-17-6-4-5-7-19(17)16-25-21(22-2)24-15-18-8-9-23-20(14-18)27-12-10-26(3)11-13-27;/h4-9,14H,10-13,15-16H2,1-3H3,(H2,22,24,25);1H. The van der Waals surface area contributed by atoms with E-state index in [0.29, 0.717) is 0 Å². The Morgan fingerprint density at radius 1 is 1.07 bits per heavy atom. The predicted octanol–water partition coefficient (Wildman–Crippen LogP) is 2.63. The summed E-state index contributed by atoms with van der Waals surface area (Å²) in [6.07, 6.45) is 1.90. The number of aryl methyl sites for hydroxylation is 1. The Hall–Kier alpha value is -1.87. The van der Waals surface area contributed by atoms with Gasteiger partial charge in [0.25, 0.3) is 0 Å². The van der Waals surface area contributed by atoms with Crippen molar-refractivity contribution in [1.29, 1.82) is 0 Å². The molecule has 3 rings (SSSR count). The van der Waals surface area contributed by atoms with Crippen LogP contribution in [0.5, 0.6) is 0 Å². The molecule has 0 bridgehead atoms. The highest BCUT2D eigenvalue weighted by molar-refractivity contribution is 14.0. The number of hydrogen-bond donors (Lipinski definition) is 2. The molecule has 28 heavy (non-hydrogen) atoms. The van der Waals surface area contributed by atoms with Gasteiger partial charge < -0.3 is 20.4 Å². The smallest absolute Gasteiger partial charge is 0.191 e. The highest BCUT2D eigenvalue weighted by Crippen LogP contribution is 2.14. The normalized spacial score (nSPS) is 15.1. The monoisotopic (exact) mass is 494 g/mol. The third-order valence-corrected chi connectivity index (χ3v) is 5.03. The summed E-state index contributed by atoms with van der Waals surface area (Å²) in [4.78, 5) is 13.6. The molecule has 1 aromatic carbocycles. The Bertz CT molecular complexity index is 771. The van der Waals surface area contributed by atoms with Crippen molar-refractivity contribution >= 4 is 35.8 Å². The van der Waals surface area contributed by atoms with Crippen molar-refractivity contribution in [2.75, 3.05) is 45.2 Å². The van der Waals surface area contributed by atoms with Gasteiger partial charge in [0.05, 0.1) is 0 Å². The van der Waals surface area contributed by atoms with Crippen molar-refractivity contribution in [2.45, 2.75) is 20.0 Å². The molecule has 6 nitrogen and oxygen atoms in total. The number of likely N-dealkylation sites (N-methyl/N-ethyl adjacent to an activating group) is 1. The zero-order valence-corrected chi connectivity index (χ0v) is 19.3. The van der Waals surface area contributed by atoms with Gasteiger partial charge in [0.2, 0.25) is 0 Å². The molecule has 0 unspecified atom stereocenters. The van der Waals surface area contributed by atoms with E-state index >= 15 is 0 Å². The van der Waals surface area contributed by atoms with E-state index < -0.39 is 0 Å². The molecule has 1 saturated heterocycles. The van der Waals surface area contributed by atoms with Gasteiger partial charge in [0.15, 0.2) is 5.96 Å². The number of halogens is 1. The first-order valence-electron chi connectivity index (χ1n) is 9.53. The highest BCUT2D eigenvalue weighted by Gasteiger charge is 2.15. The average Bonchev–Trinajstić information content (AvgIpc) is 2.70. The number of hydrogen-bond acceptors (Lipinski definition) is 4. The van der Waals surface area contributed by atoms with Crippen molar-refractivity contribution in [1.82, 2.24) is 20.5 Å². The molecule has 2 aromatic rings.